The van der Waals surface area contributed by atoms with Crippen molar-refractivity contribution in [1.29, 1.82) is 0 Å². The molecule has 2 amide bonds. The third kappa shape index (κ3) is 31.9. The molecule has 0 aromatic heterocycles. The van der Waals surface area contributed by atoms with E-state index in [1.807, 2.05) is 93.5 Å². The molecule has 6 aliphatic heterocycles. The van der Waals surface area contributed by atoms with E-state index in [4.69, 9.17) is 56.8 Å². The molecule has 624 valence electrons. The lowest BCUT2D eigenvalue weighted by atomic mass is 9.89. The Kier molecular flexibility index (Phi) is 38.2. The van der Waals surface area contributed by atoms with Gasteiger partial charge < -0.3 is 67.5 Å². The third-order valence-electron chi connectivity index (χ3n) is 25.7. The molecule has 22 atom stereocenters. The highest BCUT2D eigenvalue weighted by atomic mass is 16.6. The van der Waals surface area contributed by atoms with Gasteiger partial charge in [0.2, 0.25) is 11.8 Å². The van der Waals surface area contributed by atoms with Crippen molar-refractivity contribution >= 4 is 29.7 Å². The first kappa shape index (κ1) is 91.0. The Hall–Kier alpha value is -4.57. The number of carbonyl (C=O) groups is 5. The molecule has 2 aromatic rings. The van der Waals surface area contributed by atoms with Crippen LogP contribution in [0.3, 0.4) is 0 Å². The fourth-order valence-corrected chi connectivity index (χ4v) is 15.4. The predicted octanol–water partition coefficient (Wildman–Crippen LogP) is 17.2. The molecule has 2 aromatic carbocycles. The zero-order valence-corrected chi connectivity index (χ0v) is 70.6. The highest BCUT2D eigenvalue weighted by molar-refractivity contribution is 5.89. The summed E-state index contributed by atoms with van der Waals surface area (Å²) in [4.78, 5) is 58.6. The van der Waals surface area contributed by atoms with E-state index in [1.54, 1.807) is 0 Å². The number of esters is 3. The highest BCUT2D eigenvalue weighted by Gasteiger charge is 2.48. The lowest BCUT2D eigenvalue weighted by Gasteiger charge is -2.24. The number of rotatable bonds is 32. The first-order valence-corrected chi connectivity index (χ1v) is 43.8. The summed E-state index contributed by atoms with van der Waals surface area (Å²) >= 11 is 0. The second-order valence-corrected chi connectivity index (χ2v) is 35.3. The van der Waals surface area contributed by atoms with Gasteiger partial charge in [-0.3, -0.25) is 19.2 Å². The standard InChI is InChI=1S/C18H24O3.C15H27NO3.C14H25NO3.C13H22O3.C12H20O3.C10H14.C9H16O2/c1-3-12(2)14-5-7-15(8-6-14)18(19)20-11-13-4-9-16-17(10-13)21-16;1-4-15(2,3)14(17)16-7-8-18-10-11-5-6-12-13(9-11)19-12;1-3-10(2)14(16)15-6-7-17-9-11-4-5-12-13(8-11)18-12;1-4-13(2,3)12(14)15-8-9-5-6-10-11(7-9)16-10;1-3-8(2)12(13)14-7-9-4-5-10-11(6-9)15-10;1-3-9(2)10-7-5-4-6-8-10;1-2-10-6-7-3-4-8-9(5-7)11-8/h5-8,12-13,16-17H,3-4,9-11H2,1-2H3;11-13H,4-10H2,1-3H3,(H,16,17);10-13H,3-9H2,1-2H3,(H,15,16);9-11H,4-8H2,1-3H3;8-11H,3-7H2,1-2H3;4-9H,3H2,1-2H3;7-9H,2-6H2,1H3. The van der Waals surface area contributed by atoms with Crippen LogP contribution in [0.15, 0.2) is 54.6 Å². The number of ether oxygens (including phenoxy) is 12. The quantitative estimate of drug-likeness (QED) is 0.0299. The van der Waals surface area contributed by atoms with E-state index in [0.29, 0.717) is 166 Å². The number of hydrogen-bond acceptors (Lipinski definition) is 17. The van der Waals surface area contributed by atoms with E-state index in [2.05, 4.69) is 75.6 Å². The van der Waals surface area contributed by atoms with Crippen molar-refractivity contribution in [3.8, 4) is 0 Å². The largest absolute Gasteiger partial charge is 0.465 e. The van der Waals surface area contributed by atoms with Crippen LogP contribution in [0.25, 0.3) is 0 Å². The average Bonchev–Trinajstić information content (AvgIpc) is 1.69. The summed E-state index contributed by atoms with van der Waals surface area (Å²) in [6.07, 6.45) is 33.1. The number of benzene rings is 2. The van der Waals surface area contributed by atoms with Crippen LogP contribution >= 0.6 is 0 Å². The lowest BCUT2D eigenvalue weighted by Crippen LogP contribution is -2.38. The van der Waals surface area contributed by atoms with Crippen LogP contribution in [-0.2, 0) is 76.0 Å². The van der Waals surface area contributed by atoms with Crippen LogP contribution in [0.1, 0.15) is 291 Å². The van der Waals surface area contributed by atoms with Crippen LogP contribution < -0.4 is 10.6 Å². The van der Waals surface area contributed by atoms with Crippen molar-refractivity contribution in [2.24, 2.45) is 58.2 Å². The summed E-state index contributed by atoms with van der Waals surface area (Å²) in [5.41, 5.74) is 2.76. The molecule has 6 saturated heterocycles. The maximum atomic E-state index is 12.1. The van der Waals surface area contributed by atoms with Gasteiger partial charge in [-0.25, -0.2) is 4.79 Å². The minimum absolute atomic E-state index is 0.0403. The topological polar surface area (TPSA) is 240 Å². The molecular formula is C91H148N2O17. The van der Waals surface area contributed by atoms with Gasteiger partial charge in [-0.2, -0.15) is 0 Å². The molecule has 6 saturated carbocycles. The molecular weight excluding hydrogens is 1390 g/mol. The molecule has 0 spiro atoms. The number of nitrogens with one attached hydrogen (secondary N) is 2. The van der Waals surface area contributed by atoms with Gasteiger partial charge in [-0.1, -0.05) is 126 Å². The number of amides is 2. The predicted molar refractivity (Wildman–Crippen MR) is 430 cm³/mol. The highest BCUT2D eigenvalue weighted by Crippen LogP contribution is 2.44. The van der Waals surface area contributed by atoms with Crippen LogP contribution in [-0.4, -0.2) is 176 Å². The molecule has 6 heterocycles. The minimum Gasteiger partial charge on any atom is -0.465 e. The normalized spacial score (nSPS) is 30.8. The summed E-state index contributed by atoms with van der Waals surface area (Å²) in [5, 5.41) is 5.84. The van der Waals surface area contributed by atoms with Gasteiger partial charge in [0, 0.05) is 50.8 Å². The van der Waals surface area contributed by atoms with E-state index in [1.165, 1.54) is 62.5 Å². The second kappa shape index (κ2) is 46.2. The summed E-state index contributed by atoms with van der Waals surface area (Å²) in [6.45, 7) is 38.3. The molecule has 22 unspecified atom stereocenters. The van der Waals surface area contributed by atoms with Crippen LogP contribution in [0.2, 0.25) is 0 Å². The first-order valence-electron chi connectivity index (χ1n) is 43.8. The van der Waals surface area contributed by atoms with E-state index < -0.39 is 0 Å². The summed E-state index contributed by atoms with van der Waals surface area (Å²) in [5.74, 6) is 4.91. The van der Waals surface area contributed by atoms with E-state index in [9.17, 15) is 24.0 Å². The smallest absolute Gasteiger partial charge is 0.338 e. The van der Waals surface area contributed by atoms with Crippen molar-refractivity contribution in [1.82, 2.24) is 10.6 Å². The Bertz CT molecular complexity index is 3000. The summed E-state index contributed by atoms with van der Waals surface area (Å²) in [7, 11) is 0. The Morgan fingerprint density at radius 2 is 0.745 bits per heavy atom. The van der Waals surface area contributed by atoms with Gasteiger partial charge in [-0.15, -0.1) is 0 Å². The third-order valence-corrected chi connectivity index (χ3v) is 25.7. The molecule has 19 heteroatoms. The van der Waals surface area contributed by atoms with Crippen LogP contribution in [0.5, 0.6) is 0 Å². The fraction of sp³-hybridized carbons (Fsp3) is 0.813. The maximum absolute atomic E-state index is 12.1. The Balaban J connectivity index is 0.000000163. The van der Waals surface area contributed by atoms with Crippen molar-refractivity contribution in [2.45, 2.75) is 343 Å². The zero-order chi connectivity index (χ0) is 79.3. The fourth-order valence-electron chi connectivity index (χ4n) is 15.4. The molecule has 2 N–H and O–H groups in total. The van der Waals surface area contributed by atoms with Gasteiger partial charge >= 0.3 is 17.9 Å². The van der Waals surface area contributed by atoms with Crippen LogP contribution in [0, 0.1) is 58.2 Å². The molecule has 0 bridgehead atoms. The average molecular weight is 1540 g/mol. The van der Waals surface area contributed by atoms with Gasteiger partial charge in [0.05, 0.1) is 123 Å². The summed E-state index contributed by atoms with van der Waals surface area (Å²) < 4.78 is 65.7. The second-order valence-electron chi connectivity index (χ2n) is 35.3. The number of carbonyl (C=O) groups excluding carboxylic acids is 5. The molecule has 6 aliphatic carbocycles. The molecule has 110 heavy (non-hydrogen) atoms. The van der Waals surface area contributed by atoms with E-state index in [-0.39, 0.29) is 52.4 Å². The van der Waals surface area contributed by atoms with Gasteiger partial charge in [0.25, 0.3) is 0 Å². The Labute approximate surface area is 663 Å². The Morgan fingerprint density at radius 1 is 0.391 bits per heavy atom. The first-order chi connectivity index (χ1) is 52.9. The maximum Gasteiger partial charge on any atom is 0.338 e. The van der Waals surface area contributed by atoms with Gasteiger partial charge in [-0.05, 0) is 245 Å². The Morgan fingerprint density at radius 3 is 1.11 bits per heavy atom. The van der Waals surface area contributed by atoms with E-state index in [0.717, 1.165) is 135 Å². The molecule has 14 rings (SSSR count). The molecule has 12 aliphatic rings. The van der Waals surface area contributed by atoms with Crippen molar-refractivity contribution in [3.05, 3.63) is 71.3 Å². The van der Waals surface area contributed by atoms with E-state index >= 15 is 0 Å². The van der Waals surface area contributed by atoms with Crippen molar-refractivity contribution < 1.29 is 80.8 Å². The van der Waals surface area contributed by atoms with Gasteiger partial charge in [0.15, 0.2) is 0 Å². The zero-order valence-electron chi connectivity index (χ0n) is 70.6. The molecule has 19 nitrogen and oxygen atoms in total. The van der Waals surface area contributed by atoms with Gasteiger partial charge in [0.1, 0.15) is 0 Å². The molecule has 12 fully saturated rings. The SMILES string of the molecule is CCC(C)(C)C(=O)NCCOCC1CCC2OC2C1.CCC(C)(C)C(=O)OCC1CCC2OC2C1.CCC(C)C(=O)NCCOCC1CCC2OC2C1.CCC(C)C(=O)OCC1CCC2OC2C1.CCC(C)c1ccc(C(=O)OCC2CCC3OC3C2)cc1.CCC(C)c1ccccc1.CCOCC1CCC2OC2C1. The van der Waals surface area contributed by atoms with Crippen LogP contribution in [0.4, 0.5) is 0 Å². The summed E-state index contributed by atoms with van der Waals surface area (Å²) in [6, 6.07) is 18.5. The van der Waals surface area contributed by atoms with Crippen molar-refractivity contribution in [3.63, 3.8) is 0 Å². The lowest BCUT2D eigenvalue weighted by molar-refractivity contribution is -0.156. The monoisotopic (exact) mass is 1540 g/mol. The number of fused-ring (bicyclic) bond motifs is 6. The number of hydrogen-bond donors (Lipinski definition) is 2. The molecule has 0 radical (unpaired) electrons. The number of epoxide rings is 6. The minimum atomic E-state index is -0.340. The van der Waals surface area contributed by atoms with Crippen molar-refractivity contribution in [2.75, 3.05) is 72.6 Å².